The van der Waals surface area contributed by atoms with E-state index in [0.29, 0.717) is 18.5 Å². The Bertz CT molecular complexity index is 1090. The summed E-state index contributed by atoms with van der Waals surface area (Å²) in [5.41, 5.74) is -0.802. The van der Waals surface area contributed by atoms with E-state index in [-0.39, 0.29) is 24.3 Å². The van der Waals surface area contributed by atoms with Crippen molar-refractivity contribution in [3.63, 3.8) is 0 Å². The van der Waals surface area contributed by atoms with Crippen LogP contribution in [0.4, 0.5) is 9.59 Å². The zero-order valence-electron chi connectivity index (χ0n) is 23.1. The molecule has 9 nitrogen and oxygen atoms in total. The van der Waals surface area contributed by atoms with Crippen molar-refractivity contribution in [2.24, 2.45) is 11.8 Å². The predicted molar refractivity (Wildman–Crippen MR) is 138 cm³/mol. The van der Waals surface area contributed by atoms with Gasteiger partial charge in [-0.15, -0.1) is 0 Å². The number of imide groups is 1. The van der Waals surface area contributed by atoms with Gasteiger partial charge in [0.1, 0.15) is 16.6 Å². The fourth-order valence-corrected chi connectivity index (χ4v) is 4.49. The average Bonchev–Trinajstić information content (AvgIpc) is 3.27. The van der Waals surface area contributed by atoms with Crippen molar-refractivity contribution in [2.75, 3.05) is 13.7 Å². The van der Waals surface area contributed by atoms with Crippen LogP contribution < -0.4 is 0 Å². The molecule has 0 saturated heterocycles. The van der Waals surface area contributed by atoms with E-state index in [1.165, 1.54) is 7.11 Å². The summed E-state index contributed by atoms with van der Waals surface area (Å²) < 4.78 is 18.0. The third kappa shape index (κ3) is 6.90. The molecule has 1 aliphatic rings. The van der Waals surface area contributed by atoms with Gasteiger partial charge in [0, 0.05) is 18.4 Å². The molecular weight excluding hydrogens is 474 g/mol. The fourth-order valence-electron chi connectivity index (χ4n) is 4.49. The van der Waals surface area contributed by atoms with Crippen LogP contribution in [0.15, 0.2) is 42.9 Å². The monoisotopic (exact) mass is 513 g/mol. The molecule has 0 spiro atoms. The molecule has 37 heavy (non-hydrogen) atoms. The van der Waals surface area contributed by atoms with E-state index in [4.69, 9.17) is 14.2 Å². The van der Waals surface area contributed by atoms with Crippen LogP contribution in [0.5, 0.6) is 0 Å². The maximum Gasteiger partial charge on any atom is 0.419 e. The third-order valence-corrected chi connectivity index (χ3v) is 6.16. The molecule has 0 radical (unpaired) electrons. The van der Waals surface area contributed by atoms with E-state index < -0.39 is 28.8 Å². The summed E-state index contributed by atoms with van der Waals surface area (Å²) in [6.07, 6.45) is 3.20. The Labute approximate surface area is 219 Å². The Kier molecular flexibility index (Phi) is 8.05. The van der Waals surface area contributed by atoms with Gasteiger partial charge in [-0.05, 0) is 78.4 Å². The van der Waals surface area contributed by atoms with E-state index in [1.807, 2.05) is 48.0 Å². The van der Waals surface area contributed by atoms with Crippen molar-refractivity contribution in [2.45, 2.75) is 77.9 Å². The summed E-state index contributed by atoms with van der Waals surface area (Å²) in [5.74, 6) is -0.514. The lowest BCUT2D eigenvalue weighted by atomic mass is 9.94. The molecule has 9 heteroatoms. The van der Waals surface area contributed by atoms with Crippen LogP contribution in [0.1, 0.15) is 67.0 Å². The number of carbonyl (C=O) groups is 3. The molecule has 3 unspecified atom stereocenters. The summed E-state index contributed by atoms with van der Waals surface area (Å²) in [6, 6.07) is 9.74. The molecule has 1 aliphatic carbocycles. The van der Waals surface area contributed by atoms with Gasteiger partial charge in [0.25, 0.3) is 0 Å². The van der Waals surface area contributed by atoms with E-state index in [1.54, 1.807) is 47.9 Å². The Morgan fingerprint density at radius 3 is 2.14 bits per heavy atom. The van der Waals surface area contributed by atoms with Gasteiger partial charge in [-0.1, -0.05) is 25.1 Å². The Hall–Kier alpha value is -3.36. The number of imidazole rings is 1. The van der Waals surface area contributed by atoms with Crippen LogP contribution in [-0.4, -0.2) is 57.5 Å². The standard InChI is InChI=1S/C28H39N3O6/c1-19(16-31(24(33)36-26(2,3)4)25(34)37-27(5,6)7)14-20-15-28(20,23(32)35-8)22-17-30(18-29-22)21-12-10-9-11-13-21/h9-13,17-20H,14-16H2,1-8H3. The molecule has 2 aromatic rings. The van der Waals surface area contributed by atoms with Crippen LogP contribution in [0.25, 0.3) is 5.69 Å². The normalized spacial score (nSPS) is 20.1. The number of rotatable bonds is 7. The first-order valence-electron chi connectivity index (χ1n) is 12.6. The van der Waals surface area contributed by atoms with Crippen molar-refractivity contribution < 1.29 is 28.6 Å². The zero-order chi connectivity index (χ0) is 27.6. The van der Waals surface area contributed by atoms with Crippen molar-refractivity contribution >= 4 is 18.2 Å². The van der Waals surface area contributed by atoms with Gasteiger partial charge in [-0.3, -0.25) is 4.79 Å². The maximum absolute atomic E-state index is 13.0. The second kappa shape index (κ2) is 10.6. The lowest BCUT2D eigenvalue weighted by Crippen LogP contribution is -2.45. The Balaban J connectivity index is 1.77. The number of carbonyl (C=O) groups excluding carboxylic acids is 3. The second-order valence-corrected chi connectivity index (χ2v) is 11.8. The summed E-state index contributed by atoms with van der Waals surface area (Å²) >= 11 is 0. The predicted octanol–water partition coefficient (Wildman–Crippen LogP) is 5.50. The lowest BCUT2D eigenvalue weighted by Gasteiger charge is -2.30. The van der Waals surface area contributed by atoms with E-state index in [2.05, 4.69) is 4.98 Å². The van der Waals surface area contributed by atoms with Gasteiger partial charge >= 0.3 is 18.2 Å². The highest BCUT2D eigenvalue weighted by Crippen LogP contribution is 2.57. The second-order valence-electron chi connectivity index (χ2n) is 11.8. The van der Waals surface area contributed by atoms with E-state index in [9.17, 15) is 14.4 Å². The lowest BCUT2D eigenvalue weighted by molar-refractivity contribution is -0.144. The molecule has 1 aromatic carbocycles. The summed E-state index contributed by atoms with van der Waals surface area (Å²) in [5, 5.41) is 0. The van der Waals surface area contributed by atoms with Gasteiger partial charge in [-0.2, -0.15) is 0 Å². The summed E-state index contributed by atoms with van der Waals surface area (Å²) in [4.78, 5) is 44.3. The highest BCUT2D eigenvalue weighted by atomic mass is 16.6. The first-order chi connectivity index (χ1) is 17.2. The van der Waals surface area contributed by atoms with E-state index in [0.717, 1.165) is 10.6 Å². The molecular formula is C28H39N3O6. The first-order valence-corrected chi connectivity index (χ1v) is 12.6. The van der Waals surface area contributed by atoms with Gasteiger partial charge in [-0.25, -0.2) is 19.5 Å². The largest absolute Gasteiger partial charge is 0.468 e. The first kappa shape index (κ1) is 28.2. The molecule has 2 amide bonds. The number of nitrogens with zero attached hydrogens (tertiary/aromatic N) is 3. The topological polar surface area (TPSA) is 100.0 Å². The number of hydrogen-bond acceptors (Lipinski definition) is 7. The molecule has 3 rings (SSSR count). The minimum atomic E-state index is -0.855. The number of methoxy groups -OCH3 is 1. The smallest absolute Gasteiger partial charge is 0.419 e. The van der Waals surface area contributed by atoms with Gasteiger partial charge < -0.3 is 18.8 Å². The van der Waals surface area contributed by atoms with Gasteiger partial charge in [0.2, 0.25) is 0 Å². The number of esters is 1. The minimum absolute atomic E-state index is 0.0480. The van der Waals surface area contributed by atoms with Crippen molar-refractivity contribution in [1.82, 2.24) is 14.5 Å². The van der Waals surface area contributed by atoms with Gasteiger partial charge in [0.15, 0.2) is 0 Å². The Morgan fingerprint density at radius 1 is 1.05 bits per heavy atom. The Morgan fingerprint density at radius 2 is 1.62 bits per heavy atom. The number of ether oxygens (including phenoxy) is 3. The number of para-hydroxylation sites is 1. The van der Waals surface area contributed by atoms with E-state index >= 15 is 0 Å². The molecule has 1 saturated carbocycles. The minimum Gasteiger partial charge on any atom is -0.468 e. The van der Waals surface area contributed by atoms with Crippen LogP contribution in [0.2, 0.25) is 0 Å². The quantitative estimate of drug-likeness (QED) is 0.356. The van der Waals surface area contributed by atoms with Crippen LogP contribution in [-0.2, 0) is 24.4 Å². The number of benzene rings is 1. The number of aromatic nitrogens is 2. The maximum atomic E-state index is 13.0. The van der Waals surface area contributed by atoms with Crippen molar-refractivity contribution in [3.8, 4) is 5.69 Å². The average molecular weight is 514 g/mol. The summed E-state index contributed by atoms with van der Waals surface area (Å²) in [6.45, 7) is 12.5. The molecule has 0 aliphatic heterocycles. The molecule has 0 bridgehead atoms. The SMILES string of the molecule is COC(=O)C1(c2cn(-c3ccccc3)cn2)CC1CC(C)CN(C(=O)OC(C)(C)C)C(=O)OC(C)(C)C. The van der Waals surface area contributed by atoms with Crippen LogP contribution in [0, 0.1) is 11.8 Å². The molecule has 202 valence electrons. The van der Waals surface area contributed by atoms with Crippen molar-refractivity contribution in [3.05, 3.63) is 48.5 Å². The molecule has 1 fully saturated rings. The van der Waals surface area contributed by atoms with Crippen LogP contribution >= 0.6 is 0 Å². The van der Waals surface area contributed by atoms with Crippen molar-refractivity contribution in [1.29, 1.82) is 0 Å². The highest BCUT2D eigenvalue weighted by Gasteiger charge is 2.63. The molecule has 3 atom stereocenters. The fraction of sp³-hybridized carbons (Fsp3) is 0.571. The molecule has 1 aromatic heterocycles. The molecule has 0 N–H and O–H groups in total. The molecule has 1 heterocycles. The third-order valence-electron chi connectivity index (χ3n) is 6.16. The highest BCUT2D eigenvalue weighted by molar-refractivity contribution is 5.88. The number of hydrogen-bond donors (Lipinski definition) is 0. The summed E-state index contributed by atoms with van der Waals surface area (Å²) in [7, 11) is 1.38. The van der Waals surface area contributed by atoms with Crippen LogP contribution in [0.3, 0.4) is 0 Å². The number of amides is 2. The van der Waals surface area contributed by atoms with Gasteiger partial charge in [0.05, 0.1) is 19.1 Å². The zero-order valence-corrected chi connectivity index (χ0v) is 23.1.